The van der Waals surface area contributed by atoms with Crippen molar-refractivity contribution in [3.63, 3.8) is 0 Å². The fourth-order valence-electron chi connectivity index (χ4n) is 3.00. The number of hydrogen-bond donors (Lipinski definition) is 2. The first-order valence-corrected chi connectivity index (χ1v) is 8.87. The molecule has 0 spiro atoms. The minimum atomic E-state index is -0.680. The molecule has 0 saturated heterocycles. The van der Waals surface area contributed by atoms with Crippen molar-refractivity contribution in [2.45, 2.75) is 25.0 Å². The van der Waals surface area contributed by atoms with E-state index in [4.69, 9.17) is 4.74 Å². The van der Waals surface area contributed by atoms with E-state index in [0.717, 1.165) is 40.7 Å². The second kappa shape index (κ2) is 6.57. The highest BCUT2D eigenvalue weighted by Gasteiger charge is 2.23. The van der Waals surface area contributed by atoms with Gasteiger partial charge in [0, 0.05) is 22.7 Å². The van der Waals surface area contributed by atoms with Crippen LogP contribution in [0.25, 0.3) is 28.1 Å². The molecular weight excluding hydrogens is 344 g/mol. The summed E-state index contributed by atoms with van der Waals surface area (Å²) in [7, 11) is 0. The molecular formula is C19H18N6O2. The highest BCUT2D eigenvalue weighted by molar-refractivity contribution is 5.77. The summed E-state index contributed by atoms with van der Waals surface area (Å²) in [6.07, 6.45) is 6.72. The maximum absolute atomic E-state index is 10.3. The molecule has 4 aromatic rings. The van der Waals surface area contributed by atoms with Crippen molar-refractivity contribution in [3.8, 4) is 17.1 Å². The van der Waals surface area contributed by atoms with Crippen LogP contribution in [0, 0.1) is 0 Å². The molecule has 3 heterocycles. The van der Waals surface area contributed by atoms with Crippen molar-refractivity contribution < 1.29 is 9.84 Å². The molecule has 0 unspecified atom stereocenters. The van der Waals surface area contributed by atoms with Crippen molar-refractivity contribution in [1.82, 2.24) is 29.9 Å². The Kier molecular flexibility index (Phi) is 3.92. The first kappa shape index (κ1) is 16.1. The van der Waals surface area contributed by atoms with Gasteiger partial charge in [-0.1, -0.05) is 12.1 Å². The summed E-state index contributed by atoms with van der Waals surface area (Å²) in [4.78, 5) is 8.71. The van der Waals surface area contributed by atoms with Crippen LogP contribution in [0.1, 0.15) is 24.5 Å². The number of ether oxygens (including phenoxy) is 1. The molecule has 0 aliphatic heterocycles. The lowest BCUT2D eigenvalue weighted by atomic mass is 10.1. The second-order valence-corrected chi connectivity index (χ2v) is 6.67. The quantitative estimate of drug-likeness (QED) is 0.546. The van der Waals surface area contributed by atoms with Crippen molar-refractivity contribution in [2.75, 3.05) is 6.61 Å². The molecule has 0 amide bonds. The van der Waals surface area contributed by atoms with Gasteiger partial charge in [-0.05, 0) is 31.0 Å². The molecule has 1 aliphatic rings. The van der Waals surface area contributed by atoms with Crippen molar-refractivity contribution in [3.05, 3.63) is 54.6 Å². The molecule has 1 atom stereocenters. The largest absolute Gasteiger partial charge is 0.386 e. The summed E-state index contributed by atoms with van der Waals surface area (Å²) in [5, 5.41) is 22.4. The van der Waals surface area contributed by atoms with E-state index in [-0.39, 0.29) is 0 Å². The van der Waals surface area contributed by atoms with Crippen LogP contribution in [0.2, 0.25) is 0 Å². The highest BCUT2D eigenvalue weighted by Crippen LogP contribution is 2.27. The minimum Gasteiger partial charge on any atom is -0.386 e. The number of aromatic amines is 1. The Labute approximate surface area is 154 Å². The Morgan fingerprint density at radius 2 is 2.15 bits per heavy atom. The number of fused-ring (bicyclic) bond motifs is 1. The molecule has 27 heavy (non-hydrogen) atoms. The lowest BCUT2D eigenvalue weighted by Gasteiger charge is -2.11. The Hall–Kier alpha value is -3.10. The standard InChI is InChI=1S/C19H18N6O2/c26-17(10-27-16-4-5-16)13-6-14-9-23-25(19(14)20-8-13)15-3-1-2-12(7-15)18-21-11-22-24-18/h1-3,6-9,11,16-17,26H,4-5,10H2,(H,21,22,24)/t17-/m0/s1. The van der Waals surface area contributed by atoms with Crippen molar-refractivity contribution in [2.24, 2.45) is 0 Å². The van der Waals surface area contributed by atoms with Crippen LogP contribution in [0.3, 0.4) is 0 Å². The topological polar surface area (TPSA) is 102 Å². The fraction of sp³-hybridized carbons (Fsp3) is 0.263. The van der Waals surface area contributed by atoms with Crippen LogP contribution in [0.15, 0.2) is 49.1 Å². The van der Waals surface area contributed by atoms with Gasteiger partial charge in [-0.3, -0.25) is 5.10 Å². The predicted octanol–water partition coefficient (Wildman–Crippen LogP) is 2.42. The van der Waals surface area contributed by atoms with Gasteiger partial charge in [-0.25, -0.2) is 14.6 Å². The van der Waals surface area contributed by atoms with Gasteiger partial charge >= 0.3 is 0 Å². The smallest absolute Gasteiger partial charge is 0.162 e. The number of hydrogen-bond acceptors (Lipinski definition) is 6. The lowest BCUT2D eigenvalue weighted by molar-refractivity contribution is 0.0272. The predicted molar refractivity (Wildman–Crippen MR) is 98.2 cm³/mol. The Balaban J connectivity index is 1.45. The molecule has 136 valence electrons. The van der Waals surface area contributed by atoms with E-state index in [1.807, 2.05) is 30.3 Å². The maximum atomic E-state index is 10.3. The Bertz CT molecular complexity index is 1070. The zero-order valence-corrected chi connectivity index (χ0v) is 14.5. The maximum Gasteiger partial charge on any atom is 0.162 e. The van der Waals surface area contributed by atoms with E-state index < -0.39 is 6.10 Å². The number of rotatable bonds is 6. The average Bonchev–Trinajstić information content (AvgIpc) is 3.19. The zero-order valence-electron chi connectivity index (χ0n) is 14.5. The molecule has 0 radical (unpaired) electrons. The van der Waals surface area contributed by atoms with E-state index in [9.17, 15) is 5.11 Å². The number of nitrogens with one attached hydrogen (secondary N) is 1. The van der Waals surface area contributed by atoms with Crippen LogP contribution in [0.4, 0.5) is 0 Å². The highest BCUT2D eigenvalue weighted by atomic mass is 16.5. The van der Waals surface area contributed by atoms with E-state index in [2.05, 4.69) is 25.3 Å². The number of pyridine rings is 1. The third-order valence-electron chi connectivity index (χ3n) is 4.61. The van der Waals surface area contributed by atoms with Crippen LogP contribution in [-0.4, -0.2) is 47.8 Å². The number of aliphatic hydroxyl groups is 1. The third-order valence-corrected chi connectivity index (χ3v) is 4.61. The number of benzene rings is 1. The van der Waals surface area contributed by atoms with Gasteiger partial charge in [0.25, 0.3) is 0 Å². The molecule has 3 aromatic heterocycles. The van der Waals surface area contributed by atoms with Gasteiger partial charge in [0.05, 0.1) is 24.6 Å². The zero-order chi connectivity index (χ0) is 18.2. The summed E-state index contributed by atoms with van der Waals surface area (Å²) < 4.78 is 7.36. The molecule has 0 bridgehead atoms. The number of nitrogens with zero attached hydrogens (tertiary/aromatic N) is 5. The van der Waals surface area contributed by atoms with E-state index in [1.54, 1.807) is 17.1 Å². The van der Waals surface area contributed by atoms with Crippen molar-refractivity contribution >= 4 is 11.0 Å². The molecule has 8 nitrogen and oxygen atoms in total. The van der Waals surface area contributed by atoms with E-state index in [0.29, 0.717) is 18.5 Å². The van der Waals surface area contributed by atoms with Gasteiger partial charge in [0.2, 0.25) is 0 Å². The molecule has 5 rings (SSSR count). The SMILES string of the molecule is O[C@@H](COC1CC1)c1cnc2c(cnn2-c2cccc(-c3ncn[nH]3)c2)c1. The first-order valence-electron chi connectivity index (χ1n) is 8.87. The van der Waals surface area contributed by atoms with Gasteiger partial charge in [0.15, 0.2) is 11.5 Å². The van der Waals surface area contributed by atoms with Gasteiger partial charge < -0.3 is 9.84 Å². The monoisotopic (exact) mass is 362 g/mol. The number of aliphatic hydroxyl groups excluding tert-OH is 1. The molecule has 1 aromatic carbocycles. The van der Waals surface area contributed by atoms with Crippen LogP contribution >= 0.6 is 0 Å². The normalized spacial score (nSPS) is 15.3. The summed E-state index contributed by atoms with van der Waals surface area (Å²) in [5.41, 5.74) is 3.25. The number of H-pyrrole nitrogens is 1. The van der Waals surface area contributed by atoms with Crippen LogP contribution in [0.5, 0.6) is 0 Å². The summed E-state index contributed by atoms with van der Waals surface area (Å²) in [6.45, 7) is 0.297. The molecule has 2 N–H and O–H groups in total. The summed E-state index contributed by atoms with van der Waals surface area (Å²) in [5.74, 6) is 0.697. The lowest BCUT2D eigenvalue weighted by Crippen LogP contribution is -2.08. The van der Waals surface area contributed by atoms with Gasteiger partial charge in [0.1, 0.15) is 12.4 Å². The van der Waals surface area contributed by atoms with E-state index >= 15 is 0 Å². The van der Waals surface area contributed by atoms with E-state index in [1.165, 1.54) is 6.33 Å². The second-order valence-electron chi connectivity index (χ2n) is 6.67. The first-order chi connectivity index (χ1) is 13.3. The van der Waals surface area contributed by atoms with Gasteiger partial charge in [-0.2, -0.15) is 10.2 Å². The minimum absolute atomic E-state index is 0.297. The van der Waals surface area contributed by atoms with Crippen LogP contribution in [-0.2, 0) is 4.74 Å². The summed E-state index contributed by atoms with van der Waals surface area (Å²) in [6, 6.07) is 9.74. The average molecular weight is 362 g/mol. The van der Waals surface area contributed by atoms with Crippen LogP contribution < -0.4 is 0 Å². The Morgan fingerprint density at radius 1 is 1.22 bits per heavy atom. The number of aromatic nitrogens is 6. The van der Waals surface area contributed by atoms with Crippen molar-refractivity contribution in [1.29, 1.82) is 0 Å². The summed E-state index contributed by atoms with van der Waals surface area (Å²) >= 11 is 0. The Morgan fingerprint density at radius 3 is 2.96 bits per heavy atom. The molecule has 1 fully saturated rings. The molecule has 1 saturated carbocycles. The van der Waals surface area contributed by atoms with Gasteiger partial charge in [-0.15, -0.1) is 0 Å². The molecule has 8 heteroatoms. The third kappa shape index (κ3) is 3.20. The molecule has 1 aliphatic carbocycles. The fourth-order valence-corrected chi connectivity index (χ4v) is 3.00.